The Balaban J connectivity index is 2.09. The summed E-state index contributed by atoms with van der Waals surface area (Å²) in [4.78, 5) is 0. The van der Waals surface area contributed by atoms with Crippen molar-refractivity contribution >= 4 is 27.5 Å². The van der Waals surface area contributed by atoms with Gasteiger partial charge in [0.1, 0.15) is 12.4 Å². The fourth-order valence-electron chi connectivity index (χ4n) is 1.89. The van der Waals surface area contributed by atoms with Gasteiger partial charge < -0.3 is 4.74 Å². The van der Waals surface area contributed by atoms with Crippen LogP contribution in [0.2, 0.25) is 0 Å². The Morgan fingerprint density at radius 3 is 2.79 bits per heavy atom. The molecule has 1 heterocycles. The van der Waals surface area contributed by atoms with E-state index in [0.717, 1.165) is 33.7 Å². The van der Waals surface area contributed by atoms with Gasteiger partial charge in [0.25, 0.3) is 0 Å². The van der Waals surface area contributed by atoms with Crippen LogP contribution in [0.25, 0.3) is 0 Å². The van der Waals surface area contributed by atoms with Crippen LogP contribution in [0.1, 0.15) is 23.9 Å². The van der Waals surface area contributed by atoms with Gasteiger partial charge in [-0.3, -0.25) is 4.68 Å². The molecule has 102 valence electrons. The summed E-state index contributed by atoms with van der Waals surface area (Å²) in [6.07, 6.45) is 0. The highest BCUT2D eigenvalue weighted by atomic mass is 79.9. The molecule has 0 unspecified atom stereocenters. The Labute approximate surface area is 126 Å². The maximum absolute atomic E-state index is 5.83. The molecule has 5 heteroatoms. The highest BCUT2D eigenvalue weighted by Gasteiger charge is 2.07. The number of aromatic nitrogens is 2. The molecule has 1 aromatic heterocycles. The molecule has 0 aliphatic carbocycles. The van der Waals surface area contributed by atoms with Gasteiger partial charge in [-0.1, -0.05) is 6.07 Å². The zero-order valence-corrected chi connectivity index (χ0v) is 13.3. The molecule has 0 spiro atoms. The lowest BCUT2D eigenvalue weighted by molar-refractivity contribution is 0.290. The van der Waals surface area contributed by atoms with Crippen LogP contribution in [-0.2, 0) is 19.0 Å². The fraction of sp³-hybridized carbons (Fsp3) is 0.357. The third-order valence-electron chi connectivity index (χ3n) is 2.81. The minimum atomic E-state index is 0.501. The smallest absolute Gasteiger partial charge is 0.134 e. The first-order valence-corrected chi connectivity index (χ1v) is 7.47. The van der Waals surface area contributed by atoms with E-state index in [2.05, 4.69) is 28.0 Å². The second kappa shape index (κ2) is 6.44. The Bertz CT molecular complexity index is 569. The number of hydrogen-bond acceptors (Lipinski definition) is 2. The van der Waals surface area contributed by atoms with E-state index in [1.807, 2.05) is 35.9 Å². The lowest BCUT2D eigenvalue weighted by Crippen LogP contribution is -2.06. The van der Waals surface area contributed by atoms with E-state index >= 15 is 0 Å². The third-order valence-corrected chi connectivity index (χ3v) is 3.74. The first kappa shape index (κ1) is 14.4. The Hall–Kier alpha value is -1.000. The number of hydrogen-bond donors (Lipinski definition) is 0. The third kappa shape index (κ3) is 3.51. The van der Waals surface area contributed by atoms with E-state index in [1.165, 1.54) is 0 Å². The van der Waals surface area contributed by atoms with Crippen LogP contribution in [0.15, 0.2) is 28.7 Å². The fourth-order valence-corrected chi connectivity index (χ4v) is 2.59. The number of nitrogens with zero attached hydrogens (tertiary/aromatic N) is 2. The molecule has 0 saturated heterocycles. The summed E-state index contributed by atoms with van der Waals surface area (Å²) in [6, 6.07) is 7.92. The second-order valence-electron chi connectivity index (χ2n) is 4.28. The Morgan fingerprint density at radius 2 is 2.16 bits per heavy atom. The molecular formula is C14H16BrClN2O. The predicted octanol–water partition coefficient (Wildman–Crippen LogP) is 4.29. The summed E-state index contributed by atoms with van der Waals surface area (Å²) < 4.78 is 8.70. The quantitative estimate of drug-likeness (QED) is 0.757. The molecule has 2 rings (SSSR count). The average molecular weight is 344 g/mol. The molecule has 0 aliphatic heterocycles. The van der Waals surface area contributed by atoms with Gasteiger partial charge in [-0.25, -0.2) is 0 Å². The Kier molecular flexibility index (Phi) is 4.88. The van der Waals surface area contributed by atoms with Crippen molar-refractivity contribution in [2.45, 2.75) is 32.9 Å². The van der Waals surface area contributed by atoms with E-state index in [4.69, 9.17) is 16.3 Å². The number of rotatable bonds is 5. The lowest BCUT2D eigenvalue weighted by Gasteiger charge is -2.10. The second-order valence-corrected chi connectivity index (χ2v) is 5.40. The minimum Gasteiger partial charge on any atom is -0.486 e. The van der Waals surface area contributed by atoms with E-state index in [1.54, 1.807) is 0 Å². The van der Waals surface area contributed by atoms with Gasteiger partial charge in [0.15, 0.2) is 0 Å². The van der Waals surface area contributed by atoms with E-state index < -0.39 is 0 Å². The SMILES string of the molecule is CCn1nc(C)cc1COc1ccc(CCl)cc1Br. The van der Waals surface area contributed by atoms with Gasteiger partial charge in [0.05, 0.1) is 15.9 Å². The molecule has 19 heavy (non-hydrogen) atoms. The molecule has 0 N–H and O–H groups in total. The molecule has 0 atom stereocenters. The molecule has 0 fully saturated rings. The van der Waals surface area contributed by atoms with Gasteiger partial charge >= 0.3 is 0 Å². The monoisotopic (exact) mass is 342 g/mol. The maximum atomic E-state index is 5.83. The first-order chi connectivity index (χ1) is 9.13. The number of aryl methyl sites for hydroxylation is 2. The van der Waals surface area contributed by atoms with Crippen molar-refractivity contribution in [2.24, 2.45) is 0 Å². The normalized spacial score (nSPS) is 10.7. The highest BCUT2D eigenvalue weighted by Crippen LogP contribution is 2.27. The van der Waals surface area contributed by atoms with Gasteiger partial charge in [0, 0.05) is 12.4 Å². The summed E-state index contributed by atoms with van der Waals surface area (Å²) in [5.74, 6) is 1.32. The summed E-state index contributed by atoms with van der Waals surface area (Å²) in [6.45, 7) is 5.41. The minimum absolute atomic E-state index is 0.501. The van der Waals surface area contributed by atoms with Crippen LogP contribution in [0.3, 0.4) is 0 Å². The summed E-state index contributed by atoms with van der Waals surface area (Å²) in [5, 5.41) is 4.40. The molecule has 0 aliphatic rings. The van der Waals surface area contributed by atoms with Crippen LogP contribution < -0.4 is 4.74 Å². The number of ether oxygens (including phenoxy) is 1. The van der Waals surface area contributed by atoms with E-state index in [-0.39, 0.29) is 0 Å². The van der Waals surface area contributed by atoms with Gasteiger partial charge in [-0.2, -0.15) is 5.10 Å². The van der Waals surface area contributed by atoms with Crippen molar-refractivity contribution in [3.05, 3.63) is 45.7 Å². The molecule has 0 radical (unpaired) electrons. The van der Waals surface area contributed by atoms with Crippen LogP contribution >= 0.6 is 27.5 Å². The van der Waals surface area contributed by atoms with Crippen molar-refractivity contribution in [1.82, 2.24) is 9.78 Å². The van der Waals surface area contributed by atoms with Crippen molar-refractivity contribution in [3.63, 3.8) is 0 Å². The largest absolute Gasteiger partial charge is 0.486 e. The van der Waals surface area contributed by atoms with Crippen LogP contribution in [0.5, 0.6) is 5.75 Å². The predicted molar refractivity (Wildman–Crippen MR) is 80.7 cm³/mol. The van der Waals surface area contributed by atoms with Crippen molar-refractivity contribution < 1.29 is 4.74 Å². The van der Waals surface area contributed by atoms with Gasteiger partial charge in [0.2, 0.25) is 0 Å². The number of alkyl halides is 1. The standard InChI is InChI=1S/C14H16BrClN2O/c1-3-18-12(6-10(2)17-18)9-19-14-5-4-11(8-16)7-13(14)15/h4-7H,3,8-9H2,1-2H3. The maximum Gasteiger partial charge on any atom is 0.134 e. The van der Waals surface area contributed by atoms with E-state index in [9.17, 15) is 0 Å². The lowest BCUT2D eigenvalue weighted by atomic mass is 10.2. The number of benzene rings is 1. The van der Waals surface area contributed by atoms with Gasteiger partial charge in [-0.05, 0) is 53.5 Å². The summed E-state index contributed by atoms with van der Waals surface area (Å²) in [5.41, 5.74) is 3.15. The summed E-state index contributed by atoms with van der Waals surface area (Å²) in [7, 11) is 0. The topological polar surface area (TPSA) is 27.1 Å². The van der Waals surface area contributed by atoms with Gasteiger partial charge in [-0.15, -0.1) is 11.6 Å². The molecule has 0 amide bonds. The van der Waals surface area contributed by atoms with Crippen LogP contribution in [0, 0.1) is 6.92 Å². The van der Waals surface area contributed by atoms with Crippen LogP contribution in [-0.4, -0.2) is 9.78 Å². The van der Waals surface area contributed by atoms with Crippen molar-refractivity contribution in [3.8, 4) is 5.75 Å². The molecule has 0 saturated carbocycles. The summed E-state index contributed by atoms with van der Waals surface area (Å²) >= 11 is 9.29. The van der Waals surface area contributed by atoms with Crippen molar-refractivity contribution in [2.75, 3.05) is 0 Å². The average Bonchev–Trinajstić information content (AvgIpc) is 2.77. The highest BCUT2D eigenvalue weighted by molar-refractivity contribution is 9.10. The number of halogens is 2. The zero-order chi connectivity index (χ0) is 13.8. The molecule has 3 nitrogen and oxygen atoms in total. The van der Waals surface area contributed by atoms with E-state index in [0.29, 0.717) is 12.5 Å². The van der Waals surface area contributed by atoms with Crippen LogP contribution in [0.4, 0.5) is 0 Å². The molecular weight excluding hydrogens is 328 g/mol. The molecule has 2 aromatic rings. The Morgan fingerprint density at radius 1 is 1.37 bits per heavy atom. The zero-order valence-electron chi connectivity index (χ0n) is 11.0. The molecule has 1 aromatic carbocycles. The first-order valence-electron chi connectivity index (χ1n) is 6.14. The molecule has 0 bridgehead atoms. The van der Waals surface area contributed by atoms with Crippen molar-refractivity contribution in [1.29, 1.82) is 0 Å².